The first kappa shape index (κ1) is 25.4. The number of halogens is 2. The summed E-state index contributed by atoms with van der Waals surface area (Å²) < 4.78 is 13.1. The average molecular weight is 550 g/mol. The highest BCUT2D eigenvalue weighted by molar-refractivity contribution is 8.18. The summed E-state index contributed by atoms with van der Waals surface area (Å²) in [6.07, 6.45) is 1.50. The van der Waals surface area contributed by atoms with Gasteiger partial charge in [0.1, 0.15) is 5.82 Å². The van der Waals surface area contributed by atoms with Crippen molar-refractivity contribution >= 4 is 64.0 Å². The predicted molar refractivity (Wildman–Crippen MR) is 140 cm³/mol. The van der Waals surface area contributed by atoms with E-state index in [2.05, 4.69) is 5.32 Å². The van der Waals surface area contributed by atoms with Crippen molar-refractivity contribution in [2.75, 3.05) is 18.0 Å². The van der Waals surface area contributed by atoms with Crippen LogP contribution in [-0.2, 0) is 4.79 Å². The molecule has 2 aliphatic rings. The number of benzene rings is 3. The molecule has 8 nitrogen and oxygen atoms in total. The first-order valence-corrected chi connectivity index (χ1v) is 12.5. The summed E-state index contributed by atoms with van der Waals surface area (Å²) in [7, 11) is 0. The molecule has 1 saturated heterocycles. The van der Waals surface area contributed by atoms with Crippen LogP contribution in [0.15, 0.2) is 71.6 Å². The Labute approximate surface area is 225 Å². The maximum absolute atomic E-state index is 13.1. The molecule has 190 valence electrons. The summed E-state index contributed by atoms with van der Waals surface area (Å²) in [5.74, 6) is -2.61. The summed E-state index contributed by atoms with van der Waals surface area (Å²) in [5, 5.41) is 2.37. The fourth-order valence-electron chi connectivity index (χ4n) is 4.02. The van der Waals surface area contributed by atoms with Crippen LogP contribution in [-0.4, -0.2) is 46.9 Å². The van der Waals surface area contributed by atoms with Gasteiger partial charge in [-0.2, -0.15) is 0 Å². The number of rotatable bonds is 6. The van der Waals surface area contributed by atoms with E-state index in [1.165, 1.54) is 48.5 Å². The third kappa shape index (κ3) is 4.71. The summed E-state index contributed by atoms with van der Waals surface area (Å²) >= 11 is 6.92. The van der Waals surface area contributed by atoms with Crippen LogP contribution in [0.4, 0.5) is 14.9 Å². The Bertz CT molecular complexity index is 1560. The maximum atomic E-state index is 13.1. The molecule has 2 heterocycles. The Kier molecular flexibility index (Phi) is 6.83. The number of hydrogen-bond donors (Lipinski definition) is 1. The molecule has 2 aliphatic heterocycles. The maximum Gasteiger partial charge on any atom is 0.293 e. The smallest absolute Gasteiger partial charge is 0.293 e. The van der Waals surface area contributed by atoms with E-state index in [1.54, 1.807) is 24.3 Å². The van der Waals surface area contributed by atoms with Crippen LogP contribution in [0.5, 0.6) is 0 Å². The monoisotopic (exact) mass is 549 g/mol. The fourth-order valence-corrected chi connectivity index (χ4v) is 5.11. The molecule has 3 aromatic carbocycles. The molecule has 38 heavy (non-hydrogen) atoms. The van der Waals surface area contributed by atoms with Gasteiger partial charge in [0.2, 0.25) is 0 Å². The molecule has 1 N–H and O–H groups in total. The molecule has 0 bridgehead atoms. The number of anilines is 1. The van der Waals surface area contributed by atoms with E-state index >= 15 is 0 Å². The van der Waals surface area contributed by atoms with Crippen molar-refractivity contribution in [3.63, 3.8) is 0 Å². The van der Waals surface area contributed by atoms with Crippen LogP contribution in [0.2, 0.25) is 5.02 Å². The zero-order chi connectivity index (χ0) is 27.0. The Morgan fingerprint density at radius 2 is 1.63 bits per heavy atom. The van der Waals surface area contributed by atoms with Gasteiger partial charge in [0.05, 0.1) is 26.7 Å². The van der Waals surface area contributed by atoms with E-state index in [0.29, 0.717) is 5.56 Å². The van der Waals surface area contributed by atoms with E-state index < -0.39 is 34.7 Å². The topological polar surface area (TPSA) is 104 Å². The standard InChI is InChI=1S/C27H17ClFN3O5S/c28-20-3-1-2-4-21(20)32-24(34)18-10-7-16(14-19(18)25(32)35)23(33)30-11-12-31-26(36)22(38-27(31)37)13-15-5-8-17(29)9-6-15/h1-10,13-14H,11-12H2,(H,30,33)/b22-13+. The number of thioether (sulfide) groups is 1. The molecular formula is C27H17ClFN3O5S. The van der Waals surface area contributed by atoms with Crippen molar-refractivity contribution in [2.24, 2.45) is 0 Å². The number of para-hydroxylation sites is 1. The van der Waals surface area contributed by atoms with Crippen LogP contribution in [0.1, 0.15) is 36.6 Å². The summed E-state index contributed by atoms with van der Waals surface area (Å²) in [4.78, 5) is 65.7. The zero-order valence-corrected chi connectivity index (χ0v) is 21.0. The summed E-state index contributed by atoms with van der Waals surface area (Å²) in [6.45, 7) is -0.101. The second kappa shape index (κ2) is 10.2. The number of carbonyl (C=O) groups excluding carboxylic acids is 5. The molecule has 0 aromatic heterocycles. The first-order valence-electron chi connectivity index (χ1n) is 11.3. The van der Waals surface area contributed by atoms with E-state index in [9.17, 15) is 28.4 Å². The second-order valence-electron chi connectivity index (χ2n) is 8.30. The van der Waals surface area contributed by atoms with Gasteiger partial charge in [-0.05, 0) is 65.9 Å². The van der Waals surface area contributed by atoms with Crippen molar-refractivity contribution in [1.29, 1.82) is 0 Å². The number of fused-ring (bicyclic) bond motifs is 1. The van der Waals surface area contributed by atoms with Crippen molar-refractivity contribution in [1.82, 2.24) is 10.2 Å². The van der Waals surface area contributed by atoms with Crippen molar-refractivity contribution in [3.05, 3.63) is 105 Å². The third-order valence-corrected chi connectivity index (χ3v) is 7.13. The minimum Gasteiger partial charge on any atom is -0.350 e. The second-order valence-corrected chi connectivity index (χ2v) is 9.70. The summed E-state index contributed by atoms with van der Waals surface area (Å²) in [6, 6.07) is 16.1. The average Bonchev–Trinajstić information content (AvgIpc) is 3.31. The lowest BCUT2D eigenvalue weighted by atomic mass is 10.1. The predicted octanol–water partition coefficient (Wildman–Crippen LogP) is 4.75. The molecule has 0 radical (unpaired) electrons. The third-order valence-electron chi connectivity index (χ3n) is 5.90. The lowest BCUT2D eigenvalue weighted by Crippen LogP contribution is -2.37. The number of nitrogens with one attached hydrogen (secondary N) is 1. The van der Waals surface area contributed by atoms with Crippen molar-refractivity contribution < 1.29 is 28.4 Å². The number of imide groups is 2. The zero-order valence-electron chi connectivity index (χ0n) is 19.4. The molecule has 11 heteroatoms. The minimum atomic E-state index is -0.599. The van der Waals surface area contributed by atoms with Gasteiger partial charge in [-0.3, -0.25) is 28.9 Å². The van der Waals surface area contributed by atoms with E-state index in [-0.39, 0.29) is 45.4 Å². The normalized spacial score (nSPS) is 16.0. The molecule has 5 rings (SSSR count). The van der Waals surface area contributed by atoms with Crippen LogP contribution in [0, 0.1) is 5.82 Å². The molecule has 0 atom stereocenters. The lowest BCUT2D eigenvalue weighted by Gasteiger charge is -2.15. The molecule has 1 fully saturated rings. The number of nitrogens with zero attached hydrogens (tertiary/aromatic N) is 2. The molecular weight excluding hydrogens is 533 g/mol. The lowest BCUT2D eigenvalue weighted by molar-refractivity contribution is -0.122. The van der Waals surface area contributed by atoms with E-state index in [4.69, 9.17) is 11.6 Å². The van der Waals surface area contributed by atoms with Gasteiger partial charge in [-0.15, -0.1) is 0 Å². The number of hydrogen-bond acceptors (Lipinski definition) is 6. The fraction of sp³-hybridized carbons (Fsp3) is 0.0741. The SMILES string of the molecule is O=C(NCCN1C(=O)S/C(=C/c2ccc(F)cc2)C1=O)c1ccc2c(c1)C(=O)N(c1ccccc1Cl)C2=O. The Balaban J connectivity index is 1.23. The minimum absolute atomic E-state index is 0.0313. The molecule has 0 saturated carbocycles. The van der Waals surface area contributed by atoms with E-state index in [1.807, 2.05) is 0 Å². The molecule has 5 amide bonds. The number of amides is 5. The Morgan fingerprint density at radius 3 is 2.37 bits per heavy atom. The number of carbonyl (C=O) groups is 5. The quantitative estimate of drug-likeness (QED) is 0.352. The highest BCUT2D eigenvalue weighted by atomic mass is 35.5. The summed E-state index contributed by atoms with van der Waals surface area (Å²) in [5.41, 5.74) is 1.17. The molecule has 0 spiro atoms. The van der Waals surface area contributed by atoms with Crippen LogP contribution < -0.4 is 10.2 Å². The molecule has 0 unspecified atom stereocenters. The van der Waals surface area contributed by atoms with Gasteiger partial charge in [-0.1, -0.05) is 35.9 Å². The van der Waals surface area contributed by atoms with Crippen molar-refractivity contribution in [2.45, 2.75) is 0 Å². The van der Waals surface area contributed by atoms with Crippen LogP contribution >= 0.6 is 23.4 Å². The first-order chi connectivity index (χ1) is 18.2. The largest absolute Gasteiger partial charge is 0.350 e. The Morgan fingerprint density at radius 1 is 0.921 bits per heavy atom. The Hall–Kier alpha value is -4.28. The van der Waals surface area contributed by atoms with Gasteiger partial charge in [0.15, 0.2) is 0 Å². The van der Waals surface area contributed by atoms with Gasteiger partial charge < -0.3 is 5.32 Å². The highest BCUT2D eigenvalue weighted by Crippen LogP contribution is 2.34. The van der Waals surface area contributed by atoms with Crippen molar-refractivity contribution in [3.8, 4) is 0 Å². The van der Waals surface area contributed by atoms with E-state index in [0.717, 1.165) is 21.6 Å². The van der Waals surface area contributed by atoms with Gasteiger partial charge in [0, 0.05) is 18.7 Å². The molecule has 3 aromatic rings. The van der Waals surface area contributed by atoms with Crippen LogP contribution in [0.25, 0.3) is 6.08 Å². The highest BCUT2D eigenvalue weighted by Gasteiger charge is 2.38. The molecule has 0 aliphatic carbocycles. The van der Waals surface area contributed by atoms with Gasteiger partial charge in [-0.25, -0.2) is 9.29 Å². The van der Waals surface area contributed by atoms with Gasteiger partial charge >= 0.3 is 0 Å². The van der Waals surface area contributed by atoms with Gasteiger partial charge in [0.25, 0.3) is 28.9 Å². The van der Waals surface area contributed by atoms with Crippen LogP contribution in [0.3, 0.4) is 0 Å².